The maximum absolute atomic E-state index is 12.1. The van der Waals surface area contributed by atoms with Crippen molar-refractivity contribution < 1.29 is 14.3 Å². The molecular weight excluding hydrogens is 246 g/mol. The summed E-state index contributed by atoms with van der Waals surface area (Å²) in [5, 5.41) is 2.68. The molecule has 102 valence electrons. The van der Waals surface area contributed by atoms with Gasteiger partial charge in [0.2, 0.25) is 5.91 Å². The molecule has 0 bridgehead atoms. The van der Waals surface area contributed by atoms with E-state index in [0.717, 1.165) is 5.69 Å². The molecule has 0 fully saturated rings. The maximum Gasteiger partial charge on any atom is 0.322 e. The maximum atomic E-state index is 12.1. The van der Waals surface area contributed by atoms with Gasteiger partial charge in [0.25, 0.3) is 0 Å². The van der Waals surface area contributed by atoms with E-state index in [0.29, 0.717) is 12.3 Å². The van der Waals surface area contributed by atoms with Crippen molar-refractivity contribution in [2.24, 2.45) is 5.73 Å². The number of para-hydroxylation sites is 2. The number of nitrogens with one attached hydrogen (secondary N) is 1. The second-order valence-corrected chi connectivity index (χ2v) is 4.46. The van der Waals surface area contributed by atoms with E-state index in [4.69, 9.17) is 10.5 Å². The molecule has 0 aliphatic carbocycles. The highest BCUT2D eigenvalue weighted by atomic mass is 16.5. The molecule has 3 amide bonds. The van der Waals surface area contributed by atoms with Gasteiger partial charge < -0.3 is 15.8 Å². The van der Waals surface area contributed by atoms with Crippen LogP contribution in [0, 0.1) is 0 Å². The lowest BCUT2D eigenvalue weighted by atomic mass is 10.2. The summed E-state index contributed by atoms with van der Waals surface area (Å²) in [6.07, 6.45) is 0.0598. The third-order valence-corrected chi connectivity index (χ3v) is 2.82. The molecule has 1 aliphatic heterocycles. The van der Waals surface area contributed by atoms with Gasteiger partial charge in [-0.05, 0) is 19.1 Å². The van der Waals surface area contributed by atoms with Crippen LogP contribution in [0.4, 0.5) is 10.5 Å². The van der Waals surface area contributed by atoms with Crippen LogP contribution in [0.5, 0.6) is 5.75 Å². The summed E-state index contributed by atoms with van der Waals surface area (Å²) in [6.45, 7) is 2.61. The minimum Gasteiger partial charge on any atom is -0.487 e. The average molecular weight is 263 g/mol. The molecule has 19 heavy (non-hydrogen) atoms. The molecule has 1 atom stereocenters. The smallest absolute Gasteiger partial charge is 0.322 e. The molecule has 1 aromatic rings. The number of benzene rings is 1. The SMILES string of the molecule is CC1CN(C(=O)NCCC(N)=O)c2ccccc2O1. The summed E-state index contributed by atoms with van der Waals surface area (Å²) < 4.78 is 5.66. The van der Waals surface area contributed by atoms with Gasteiger partial charge in [-0.1, -0.05) is 12.1 Å². The number of hydrogen-bond donors (Lipinski definition) is 2. The number of ether oxygens (including phenoxy) is 1. The first kappa shape index (κ1) is 13.2. The van der Waals surface area contributed by atoms with Gasteiger partial charge in [-0.3, -0.25) is 9.69 Å². The molecule has 6 heteroatoms. The van der Waals surface area contributed by atoms with Crippen molar-refractivity contribution in [2.45, 2.75) is 19.4 Å². The van der Waals surface area contributed by atoms with E-state index in [2.05, 4.69) is 5.32 Å². The van der Waals surface area contributed by atoms with Crippen LogP contribution in [-0.2, 0) is 4.79 Å². The number of hydrogen-bond acceptors (Lipinski definition) is 3. The van der Waals surface area contributed by atoms with Crippen LogP contribution < -0.4 is 20.7 Å². The summed E-state index contributed by atoms with van der Waals surface area (Å²) >= 11 is 0. The standard InChI is InChI=1S/C13H17N3O3/c1-9-8-16(13(18)15-7-6-12(14)17)10-4-2-3-5-11(10)19-9/h2-5,9H,6-8H2,1H3,(H2,14,17)(H,15,18). The Bertz CT molecular complexity index is 490. The Balaban J connectivity index is 2.07. The lowest BCUT2D eigenvalue weighted by Crippen LogP contribution is -2.47. The first-order chi connectivity index (χ1) is 9.08. The zero-order valence-electron chi connectivity index (χ0n) is 10.8. The minimum atomic E-state index is -0.434. The number of primary amides is 1. The van der Waals surface area contributed by atoms with Gasteiger partial charge >= 0.3 is 6.03 Å². The number of anilines is 1. The van der Waals surface area contributed by atoms with Gasteiger partial charge in [0.15, 0.2) is 0 Å². The number of fused-ring (bicyclic) bond motifs is 1. The van der Waals surface area contributed by atoms with Gasteiger partial charge in [-0.25, -0.2) is 4.79 Å². The fourth-order valence-electron chi connectivity index (χ4n) is 1.97. The summed E-state index contributed by atoms with van der Waals surface area (Å²) in [7, 11) is 0. The van der Waals surface area contributed by atoms with Crippen molar-refractivity contribution >= 4 is 17.6 Å². The highest BCUT2D eigenvalue weighted by Crippen LogP contribution is 2.32. The first-order valence-electron chi connectivity index (χ1n) is 6.17. The Hall–Kier alpha value is -2.24. The van der Waals surface area contributed by atoms with E-state index in [9.17, 15) is 9.59 Å². The molecule has 6 nitrogen and oxygen atoms in total. The summed E-state index contributed by atoms with van der Waals surface area (Å²) in [5.74, 6) is 0.252. The average Bonchev–Trinajstić information content (AvgIpc) is 2.37. The number of urea groups is 1. The molecule has 1 heterocycles. The minimum absolute atomic E-state index is 0.0724. The van der Waals surface area contributed by atoms with Crippen molar-refractivity contribution in [3.8, 4) is 5.75 Å². The number of amides is 3. The topological polar surface area (TPSA) is 84.7 Å². The third kappa shape index (κ3) is 3.15. The van der Waals surface area contributed by atoms with Gasteiger partial charge in [-0.15, -0.1) is 0 Å². The summed E-state index contributed by atoms with van der Waals surface area (Å²) in [4.78, 5) is 24.4. The fourth-order valence-corrected chi connectivity index (χ4v) is 1.97. The third-order valence-electron chi connectivity index (χ3n) is 2.82. The quantitative estimate of drug-likeness (QED) is 0.848. The van der Waals surface area contributed by atoms with Crippen LogP contribution >= 0.6 is 0 Å². The molecule has 0 aromatic heterocycles. The predicted octanol–water partition coefficient (Wildman–Crippen LogP) is 0.859. The summed E-state index contributed by atoms with van der Waals surface area (Å²) in [6, 6.07) is 7.12. The van der Waals surface area contributed by atoms with Crippen molar-refractivity contribution in [3.05, 3.63) is 24.3 Å². The van der Waals surface area contributed by atoms with Crippen LogP contribution in [0.1, 0.15) is 13.3 Å². The van der Waals surface area contributed by atoms with Crippen LogP contribution in [0.2, 0.25) is 0 Å². The van der Waals surface area contributed by atoms with Crippen LogP contribution in [0.15, 0.2) is 24.3 Å². The highest BCUT2D eigenvalue weighted by molar-refractivity contribution is 5.94. The largest absolute Gasteiger partial charge is 0.487 e. The van der Waals surface area contributed by atoms with E-state index in [-0.39, 0.29) is 25.1 Å². The number of nitrogens with zero attached hydrogens (tertiary/aromatic N) is 1. The van der Waals surface area contributed by atoms with E-state index < -0.39 is 5.91 Å². The van der Waals surface area contributed by atoms with Crippen molar-refractivity contribution in [3.63, 3.8) is 0 Å². The lowest BCUT2D eigenvalue weighted by molar-refractivity contribution is -0.117. The van der Waals surface area contributed by atoms with Crippen LogP contribution in [-0.4, -0.2) is 31.1 Å². The van der Waals surface area contributed by atoms with Gasteiger partial charge in [0, 0.05) is 13.0 Å². The van der Waals surface area contributed by atoms with Crippen LogP contribution in [0.3, 0.4) is 0 Å². The Kier molecular flexibility index (Phi) is 3.89. The van der Waals surface area contributed by atoms with E-state index in [1.54, 1.807) is 4.90 Å². The molecular formula is C13H17N3O3. The Morgan fingerprint density at radius 2 is 2.21 bits per heavy atom. The molecule has 0 spiro atoms. The molecule has 0 saturated carbocycles. The summed E-state index contributed by atoms with van der Waals surface area (Å²) in [5.41, 5.74) is 5.77. The van der Waals surface area contributed by atoms with E-state index >= 15 is 0 Å². The van der Waals surface area contributed by atoms with Crippen molar-refractivity contribution in [2.75, 3.05) is 18.0 Å². The predicted molar refractivity (Wildman–Crippen MR) is 71.1 cm³/mol. The fraction of sp³-hybridized carbons (Fsp3) is 0.385. The molecule has 1 unspecified atom stereocenters. The Morgan fingerprint density at radius 1 is 1.47 bits per heavy atom. The second-order valence-electron chi connectivity index (χ2n) is 4.46. The number of nitrogens with two attached hydrogens (primary N) is 1. The number of rotatable bonds is 3. The Labute approximate surface area is 111 Å². The number of carbonyl (C=O) groups excluding carboxylic acids is 2. The van der Waals surface area contributed by atoms with Gasteiger partial charge in [0.05, 0.1) is 12.2 Å². The molecule has 0 saturated heterocycles. The normalized spacial score (nSPS) is 17.3. The molecule has 1 aliphatic rings. The second kappa shape index (κ2) is 5.60. The van der Waals surface area contributed by atoms with Gasteiger partial charge in [-0.2, -0.15) is 0 Å². The Morgan fingerprint density at radius 3 is 2.95 bits per heavy atom. The van der Waals surface area contributed by atoms with E-state index in [1.165, 1.54) is 0 Å². The van der Waals surface area contributed by atoms with Crippen molar-refractivity contribution in [1.29, 1.82) is 0 Å². The van der Waals surface area contributed by atoms with Crippen molar-refractivity contribution in [1.82, 2.24) is 5.32 Å². The molecule has 0 radical (unpaired) electrons. The molecule has 3 N–H and O–H groups in total. The van der Waals surface area contributed by atoms with Crippen LogP contribution in [0.25, 0.3) is 0 Å². The lowest BCUT2D eigenvalue weighted by Gasteiger charge is -2.33. The molecule has 2 rings (SSSR count). The zero-order valence-corrected chi connectivity index (χ0v) is 10.8. The highest BCUT2D eigenvalue weighted by Gasteiger charge is 2.26. The zero-order chi connectivity index (χ0) is 13.8. The number of carbonyl (C=O) groups is 2. The monoisotopic (exact) mass is 263 g/mol. The van der Waals surface area contributed by atoms with Gasteiger partial charge in [0.1, 0.15) is 11.9 Å². The molecule has 1 aromatic carbocycles. The van der Waals surface area contributed by atoms with E-state index in [1.807, 2.05) is 31.2 Å². The first-order valence-corrected chi connectivity index (χ1v) is 6.17.